The van der Waals surface area contributed by atoms with Crippen LogP contribution in [0.4, 0.5) is 0 Å². The Balaban J connectivity index is 4.39. The van der Waals surface area contributed by atoms with Gasteiger partial charge in [-0.2, -0.15) is 0 Å². The second-order valence-electron chi connectivity index (χ2n) is 14.6. The summed E-state index contributed by atoms with van der Waals surface area (Å²) in [7, 11) is 0. The topological polar surface area (TPSA) is 78.9 Å². The zero-order valence-corrected chi connectivity index (χ0v) is 35.7. The quantitative estimate of drug-likeness (QED) is 0.0268. The molecule has 1 unspecified atom stereocenters. The van der Waals surface area contributed by atoms with Crippen molar-refractivity contribution in [2.45, 2.75) is 207 Å². The van der Waals surface area contributed by atoms with Gasteiger partial charge in [0.15, 0.2) is 6.10 Å². The Morgan fingerprint density at radius 3 is 1.20 bits per heavy atom. The van der Waals surface area contributed by atoms with Crippen LogP contribution in [0.2, 0.25) is 0 Å². The summed E-state index contributed by atoms with van der Waals surface area (Å²) in [4.78, 5) is 37.6. The van der Waals surface area contributed by atoms with Gasteiger partial charge in [-0.3, -0.25) is 14.4 Å². The van der Waals surface area contributed by atoms with Gasteiger partial charge >= 0.3 is 17.9 Å². The van der Waals surface area contributed by atoms with Crippen LogP contribution in [0.5, 0.6) is 0 Å². The monoisotopic (exact) mass is 767 g/mol. The number of unbranched alkanes of at least 4 members (excludes halogenated alkanes) is 16. The van der Waals surface area contributed by atoms with Gasteiger partial charge < -0.3 is 14.2 Å². The molecule has 1 atom stereocenters. The van der Waals surface area contributed by atoms with E-state index in [1.54, 1.807) is 0 Å². The molecule has 0 aliphatic carbocycles. The van der Waals surface area contributed by atoms with Crippen molar-refractivity contribution in [3.63, 3.8) is 0 Å². The number of rotatable bonds is 39. The van der Waals surface area contributed by atoms with Crippen LogP contribution in [-0.4, -0.2) is 37.2 Å². The molecular formula is C49H82O6. The van der Waals surface area contributed by atoms with Gasteiger partial charge in [-0.25, -0.2) is 0 Å². The highest BCUT2D eigenvalue weighted by atomic mass is 16.6. The lowest BCUT2D eigenvalue weighted by Gasteiger charge is -2.18. The maximum absolute atomic E-state index is 12.6. The number of carbonyl (C=O) groups is 3. The average Bonchev–Trinajstić information content (AvgIpc) is 3.18. The van der Waals surface area contributed by atoms with Crippen LogP contribution >= 0.6 is 0 Å². The highest BCUT2D eigenvalue weighted by molar-refractivity contribution is 5.71. The van der Waals surface area contributed by atoms with E-state index < -0.39 is 6.10 Å². The van der Waals surface area contributed by atoms with E-state index >= 15 is 0 Å². The van der Waals surface area contributed by atoms with Crippen molar-refractivity contribution in [2.75, 3.05) is 13.2 Å². The summed E-state index contributed by atoms with van der Waals surface area (Å²) in [5, 5.41) is 0. The second-order valence-corrected chi connectivity index (χ2v) is 14.6. The van der Waals surface area contributed by atoms with Gasteiger partial charge in [0.25, 0.3) is 0 Å². The minimum Gasteiger partial charge on any atom is -0.462 e. The van der Waals surface area contributed by atoms with E-state index in [9.17, 15) is 14.4 Å². The second kappa shape index (κ2) is 43.6. The Labute approximate surface area is 338 Å². The Hall–Kier alpha value is -3.15. The molecule has 0 aromatic carbocycles. The molecule has 0 saturated carbocycles. The number of ether oxygens (including phenoxy) is 3. The fraction of sp³-hybridized carbons (Fsp3) is 0.694. The van der Waals surface area contributed by atoms with E-state index in [1.807, 2.05) is 0 Å². The van der Waals surface area contributed by atoms with Crippen LogP contribution in [0.15, 0.2) is 72.9 Å². The molecule has 6 heteroatoms. The molecule has 0 aliphatic heterocycles. The van der Waals surface area contributed by atoms with Crippen LogP contribution in [0.25, 0.3) is 0 Å². The summed E-state index contributed by atoms with van der Waals surface area (Å²) in [6.45, 7) is 6.39. The molecular weight excluding hydrogens is 685 g/mol. The first-order valence-corrected chi connectivity index (χ1v) is 22.4. The molecule has 55 heavy (non-hydrogen) atoms. The number of esters is 3. The number of hydrogen-bond acceptors (Lipinski definition) is 6. The van der Waals surface area contributed by atoms with Gasteiger partial charge in [0.2, 0.25) is 0 Å². The van der Waals surface area contributed by atoms with Crippen LogP contribution in [0.3, 0.4) is 0 Å². The Kier molecular flexibility index (Phi) is 41.1. The zero-order chi connectivity index (χ0) is 40.1. The van der Waals surface area contributed by atoms with Gasteiger partial charge in [-0.05, 0) is 83.5 Å². The molecule has 0 rings (SSSR count). The first-order chi connectivity index (χ1) is 27.0. The first kappa shape index (κ1) is 51.9. The van der Waals surface area contributed by atoms with Crippen molar-refractivity contribution in [1.29, 1.82) is 0 Å². The van der Waals surface area contributed by atoms with E-state index in [2.05, 4.69) is 93.7 Å². The van der Waals surface area contributed by atoms with Gasteiger partial charge in [0.05, 0.1) is 0 Å². The standard InChI is InChI=1S/C49H82O6/c1-4-7-10-13-16-19-20-21-22-23-24-25-26-27-28-31-33-36-39-42-48(51)54-45-46(55-49(52)43-40-37-34-30-18-15-12-9-6-3)44-53-47(50)41-38-35-32-29-17-14-11-8-5-2/h7,10,16,19,21-22,24-25,27-28,30,34,46H,4-6,8-9,11-15,17-18,20,23,26,29,31-33,35-45H2,1-3H3/b10-7-,19-16-,22-21-,25-24-,28-27-,34-30-. The normalized spacial score (nSPS) is 12.7. The lowest BCUT2D eigenvalue weighted by atomic mass is 10.1. The average molecular weight is 767 g/mol. The van der Waals surface area contributed by atoms with E-state index in [0.717, 1.165) is 89.9 Å². The summed E-state index contributed by atoms with van der Waals surface area (Å²) in [5.41, 5.74) is 0. The molecule has 0 aromatic heterocycles. The minimum absolute atomic E-state index is 0.0970. The highest BCUT2D eigenvalue weighted by Crippen LogP contribution is 2.12. The molecule has 0 aliphatic rings. The predicted molar refractivity (Wildman–Crippen MR) is 233 cm³/mol. The fourth-order valence-corrected chi connectivity index (χ4v) is 5.82. The van der Waals surface area contributed by atoms with Gasteiger partial charge in [0.1, 0.15) is 13.2 Å². The van der Waals surface area contributed by atoms with Crippen molar-refractivity contribution in [1.82, 2.24) is 0 Å². The molecule has 0 N–H and O–H groups in total. The SMILES string of the molecule is CC/C=C\C/C=C\C/C=C\C/C=C\C/C=C\CCCCCC(=O)OCC(COC(=O)CCCCCCCCCCC)OC(=O)CCC/C=C\CCCCCC. The summed E-state index contributed by atoms with van der Waals surface area (Å²) in [6, 6.07) is 0. The molecule has 6 nitrogen and oxygen atoms in total. The van der Waals surface area contributed by atoms with Crippen LogP contribution < -0.4 is 0 Å². The molecule has 0 radical (unpaired) electrons. The fourth-order valence-electron chi connectivity index (χ4n) is 5.82. The Morgan fingerprint density at radius 2 is 0.727 bits per heavy atom. The lowest BCUT2D eigenvalue weighted by Crippen LogP contribution is -2.30. The summed E-state index contributed by atoms with van der Waals surface area (Å²) in [5.74, 6) is -0.977. The Morgan fingerprint density at radius 1 is 0.382 bits per heavy atom. The van der Waals surface area contributed by atoms with E-state index in [1.165, 1.54) is 64.2 Å². The third-order valence-corrected chi connectivity index (χ3v) is 9.20. The molecule has 0 amide bonds. The molecule has 0 bridgehead atoms. The van der Waals surface area contributed by atoms with Crippen LogP contribution in [-0.2, 0) is 28.6 Å². The molecule has 314 valence electrons. The minimum atomic E-state index is -0.798. The summed E-state index contributed by atoms with van der Waals surface area (Å²) < 4.78 is 16.6. The van der Waals surface area contributed by atoms with Crippen molar-refractivity contribution >= 4 is 17.9 Å². The number of carbonyl (C=O) groups excluding carboxylic acids is 3. The van der Waals surface area contributed by atoms with Crippen molar-refractivity contribution in [3.05, 3.63) is 72.9 Å². The lowest BCUT2D eigenvalue weighted by molar-refractivity contribution is -0.167. The summed E-state index contributed by atoms with van der Waals surface area (Å²) in [6.07, 6.45) is 53.3. The van der Waals surface area contributed by atoms with Crippen LogP contribution in [0.1, 0.15) is 201 Å². The molecule has 0 spiro atoms. The van der Waals surface area contributed by atoms with E-state index in [0.29, 0.717) is 19.3 Å². The van der Waals surface area contributed by atoms with Crippen molar-refractivity contribution in [2.24, 2.45) is 0 Å². The van der Waals surface area contributed by atoms with E-state index in [-0.39, 0.29) is 37.5 Å². The Bertz CT molecular complexity index is 1070. The zero-order valence-electron chi connectivity index (χ0n) is 35.7. The molecule has 0 saturated heterocycles. The van der Waals surface area contributed by atoms with Gasteiger partial charge in [-0.15, -0.1) is 0 Å². The predicted octanol–water partition coefficient (Wildman–Crippen LogP) is 14.3. The van der Waals surface area contributed by atoms with Crippen molar-refractivity contribution in [3.8, 4) is 0 Å². The van der Waals surface area contributed by atoms with Gasteiger partial charge in [0, 0.05) is 19.3 Å². The number of allylic oxidation sites excluding steroid dienone is 12. The number of hydrogen-bond donors (Lipinski definition) is 0. The third kappa shape index (κ3) is 41.8. The molecule has 0 heterocycles. The van der Waals surface area contributed by atoms with E-state index in [4.69, 9.17) is 14.2 Å². The maximum atomic E-state index is 12.6. The third-order valence-electron chi connectivity index (χ3n) is 9.20. The molecule has 0 aromatic rings. The first-order valence-electron chi connectivity index (χ1n) is 22.4. The maximum Gasteiger partial charge on any atom is 0.306 e. The van der Waals surface area contributed by atoms with Gasteiger partial charge in [-0.1, -0.05) is 171 Å². The highest BCUT2D eigenvalue weighted by Gasteiger charge is 2.19. The van der Waals surface area contributed by atoms with Crippen molar-refractivity contribution < 1.29 is 28.6 Å². The largest absolute Gasteiger partial charge is 0.462 e. The van der Waals surface area contributed by atoms with Crippen LogP contribution in [0, 0.1) is 0 Å². The summed E-state index contributed by atoms with van der Waals surface area (Å²) >= 11 is 0. The smallest absolute Gasteiger partial charge is 0.306 e. The molecule has 0 fully saturated rings.